The molecule has 1 aliphatic heterocycles. The molecule has 1 heterocycles. The van der Waals surface area contributed by atoms with Gasteiger partial charge in [0, 0.05) is 12.0 Å². The second-order valence-corrected chi connectivity index (χ2v) is 7.02. The number of hydrogen-bond acceptors (Lipinski definition) is 3. The molecule has 1 aromatic carbocycles. The molecule has 0 aromatic heterocycles. The molecular formula is C16H23NOS. The van der Waals surface area contributed by atoms with Gasteiger partial charge in [0.05, 0.1) is 0 Å². The Labute approximate surface area is 120 Å². The summed E-state index contributed by atoms with van der Waals surface area (Å²) in [6.45, 7) is 0.771. The van der Waals surface area contributed by atoms with Gasteiger partial charge in [-0.25, -0.2) is 0 Å². The van der Waals surface area contributed by atoms with Crippen molar-refractivity contribution in [3.8, 4) is 5.75 Å². The molecule has 3 heteroatoms. The largest absolute Gasteiger partial charge is 0.490 e. The van der Waals surface area contributed by atoms with Crippen LogP contribution in [0.1, 0.15) is 37.7 Å². The van der Waals surface area contributed by atoms with E-state index in [4.69, 9.17) is 10.5 Å². The highest BCUT2D eigenvalue weighted by Gasteiger charge is 2.37. The number of nitrogens with two attached hydrogens (primary N) is 1. The van der Waals surface area contributed by atoms with Crippen LogP contribution in [-0.4, -0.2) is 24.2 Å². The van der Waals surface area contributed by atoms with Crippen LogP contribution in [0.15, 0.2) is 24.3 Å². The average Bonchev–Trinajstić information content (AvgIpc) is 2.41. The van der Waals surface area contributed by atoms with Crippen molar-refractivity contribution in [1.29, 1.82) is 0 Å². The lowest BCUT2D eigenvalue weighted by Gasteiger charge is -2.41. The van der Waals surface area contributed by atoms with E-state index in [0.717, 1.165) is 12.3 Å². The predicted octanol–water partition coefficient (Wildman–Crippen LogP) is 3.34. The van der Waals surface area contributed by atoms with Gasteiger partial charge in [0.1, 0.15) is 11.9 Å². The molecule has 0 unspecified atom stereocenters. The van der Waals surface area contributed by atoms with Crippen LogP contribution in [0.2, 0.25) is 0 Å². The fraction of sp³-hybridized carbons (Fsp3) is 0.625. The molecule has 104 valence electrons. The Morgan fingerprint density at radius 2 is 1.84 bits per heavy atom. The Hall–Kier alpha value is -0.670. The molecule has 0 radical (unpaired) electrons. The maximum absolute atomic E-state index is 6.06. The van der Waals surface area contributed by atoms with Crippen LogP contribution in [0.4, 0.5) is 0 Å². The van der Waals surface area contributed by atoms with Crippen molar-refractivity contribution in [3.63, 3.8) is 0 Å². The van der Waals surface area contributed by atoms with Crippen molar-refractivity contribution in [3.05, 3.63) is 29.8 Å². The van der Waals surface area contributed by atoms with Crippen LogP contribution < -0.4 is 10.5 Å². The second-order valence-electron chi connectivity index (χ2n) is 5.79. The Kier molecular flexibility index (Phi) is 4.04. The third-order valence-electron chi connectivity index (χ3n) is 4.64. The maximum Gasteiger partial charge on any atom is 0.119 e. The van der Waals surface area contributed by atoms with Gasteiger partial charge < -0.3 is 10.5 Å². The average molecular weight is 277 g/mol. The van der Waals surface area contributed by atoms with Gasteiger partial charge in [-0.05, 0) is 54.9 Å². The summed E-state index contributed by atoms with van der Waals surface area (Å²) in [6, 6.07) is 8.71. The lowest BCUT2D eigenvalue weighted by molar-refractivity contribution is 0.192. The predicted molar refractivity (Wildman–Crippen MR) is 82.0 cm³/mol. The molecular weight excluding hydrogens is 254 g/mol. The number of thioether (sulfide) groups is 1. The first-order valence-electron chi connectivity index (χ1n) is 7.37. The Bertz CT molecular complexity index is 402. The zero-order valence-electron chi connectivity index (χ0n) is 11.4. The first-order chi connectivity index (χ1) is 9.32. The normalized spacial score (nSPS) is 22.8. The number of benzene rings is 1. The van der Waals surface area contributed by atoms with E-state index in [0.29, 0.717) is 6.10 Å². The molecule has 2 nitrogen and oxygen atoms in total. The van der Waals surface area contributed by atoms with Crippen molar-refractivity contribution < 1.29 is 4.74 Å². The summed E-state index contributed by atoms with van der Waals surface area (Å²) in [4.78, 5) is 0. The Morgan fingerprint density at radius 3 is 2.37 bits per heavy atom. The summed E-state index contributed by atoms with van der Waals surface area (Å²) in [5.41, 5.74) is 7.61. The number of rotatable bonds is 4. The minimum Gasteiger partial charge on any atom is -0.490 e. The molecule has 0 bridgehead atoms. The highest BCUT2D eigenvalue weighted by molar-refractivity contribution is 7.99. The van der Waals surface area contributed by atoms with Gasteiger partial charge in [0.15, 0.2) is 0 Å². The molecule has 2 aliphatic rings. The highest BCUT2D eigenvalue weighted by Crippen LogP contribution is 2.43. The van der Waals surface area contributed by atoms with Gasteiger partial charge in [-0.15, -0.1) is 0 Å². The number of hydrogen-bond donors (Lipinski definition) is 1. The topological polar surface area (TPSA) is 35.2 Å². The summed E-state index contributed by atoms with van der Waals surface area (Å²) in [7, 11) is 0. The third kappa shape index (κ3) is 2.77. The zero-order chi connectivity index (χ0) is 13.1. The molecule has 0 spiro atoms. The van der Waals surface area contributed by atoms with Crippen LogP contribution in [-0.2, 0) is 5.41 Å². The summed E-state index contributed by atoms with van der Waals surface area (Å²) >= 11 is 2.03. The molecule has 2 N–H and O–H groups in total. The SMILES string of the molecule is NCC1(c2ccc(OC3CCSCC3)cc2)CCC1. The summed E-state index contributed by atoms with van der Waals surface area (Å²) in [5.74, 6) is 3.49. The summed E-state index contributed by atoms with van der Waals surface area (Å²) in [6.07, 6.45) is 6.57. The number of ether oxygens (including phenoxy) is 1. The van der Waals surface area contributed by atoms with Gasteiger partial charge >= 0.3 is 0 Å². The first-order valence-corrected chi connectivity index (χ1v) is 8.53. The van der Waals surface area contributed by atoms with Gasteiger partial charge in [0.2, 0.25) is 0 Å². The fourth-order valence-corrected chi connectivity index (χ4v) is 4.15. The monoisotopic (exact) mass is 277 g/mol. The van der Waals surface area contributed by atoms with Crippen molar-refractivity contribution in [2.45, 2.75) is 43.6 Å². The van der Waals surface area contributed by atoms with Crippen LogP contribution in [0.3, 0.4) is 0 Å². The van der Waals surface area contributed by atoms with E-state index >= 15 is 0 Å². The molecule has 2 fully saturated rings. The van der Waals surface area contributed by atoms with Crippen molar-refractivity contribution >= 4 is 11.8 Å². The molecule has 1 saturated heterocycles. The van der Waals surface area contributed by atoms with Crippen molar-refractivity contribution in [2.24, 2.45) is 5.73 Å². The van der Waals surface area contributed by atoms with Crippen LogP contribution in [0, 0.1) is 0 Å². The van der Waals surface area contributed by atoms with Gasteiger partial charge in [-0.3, -0.25) is 0 Å². The molecule has 1 aromatic rings. The van der Waals surface area contributed by atoms with Crippen LogP contribution in [0.25, 0.3) is 0 Å². The van der Waals surface area contributed by atoms with Crippen LogP contribution >= 0.6 is 11.8 Å². The van der Waals surface area contributed by atoms with Gasteiger partial charge in [-0.2, -0.15) is 11.8 Å². The highest BCUT2D eigenvalue weighted by atomic mass is 32.2. The smallest absolute Gasteiger partial charge is 0.119 e. The molecule has 1 aliphatic carbocycles. The van der Waals surface area contributed by atoms with E-state index in [1.54, 1.807) is 0 Å². The molecule has 0 atom stereocenters. The minimum atomic E-state index is 0.264. The van der Waals surface area contributed by atoms with Crippen molar-refractivity contribution in [2.75, 3.05) is 18.1 Å². The van der Waals surface area contributed by atoms with Crippen LogP contribution in [0.5, 0.6) is 5.75 Å². The lowest BCUT2D eigenvalue weighted by Crippen LogP contribution is -2.41. The standard InChI is InChI=1S/C16H23NOS/c17-12-16(8-1-9-16)13-2-4-14(5-3-13)18-15-6-10-19-11-7-15/h2-5,15H,1,6-12,17H2. The zero-order valence-corrected chi connectivity index (χ0v) is 12.3. The van der Waals surface area contributed by atoms with Crippen molar-refractivity contribution in [1.82, 2.24) is 0 Å². The quantitative estimate of drug-likeness (QED) is 0.916. The van der Waals surface area contributed by atoms with E-state index in [2.05, 4.69) is 24.3 Å². The summed E-state index contributed by atoms with van der Waals surface area (Å²) in [5, 5.41) is 0. The summed E-state index contributed by atoms with van der Waals surface area (Å²) < 4.78 is 6.06. The Balaban J connectivity index is 1.65. The van der Waals surface area contributed by atoms with Gasteiger partial charge in [-0.1, -0.05) is 18.6 Å². The van der Waals surface area contributed by atoms with E-state index in [9.17, 15) is 0 Å². The van der Waals surface area contributed by atoms with E-state index in [1.165, 1.54) is 49.2 Å². The van der Waals surface area contributed by atoms with E-state index in [1.807, 2.05) is 11.8 Å². The maximum atomic E-state index is 6.06. The molecule has 3 rings (SSSR count). The molecule has 1 saturated carbocycles. The fourth-order valence-electron chi connectivity index (χ4n) is 3.09. The first kappa shape index (κ1) is 13.3. The minimum absolute atomic E-state index is 0.264. The second kappa shape index (κ2) is 5.76. The molecule has 19 heavy (non-hydrogen) atoms. The Morgan fingerprint density at radius 1 is 1.16 bits per heavy atom. The lowest BCUT2D eigenvalue weighted by atomic mass is 9.64. The third-order valence-corrected chi connectivity index (χ3v) is 5.69. The van der Waals surface area contributed by atoms with E-state index < -0.39 is 0 Å². The van der Waals surface area contributed by atoms with E-state index in [-0.39, 0.29) is 5.41 Å². The van der Waals surface area contributed by atoms with Gasteiger partial charge in [0.25, 0.3) is 0 Å². The molecule has 0 amide bonds.